The Labute approximate surface area is 258 Å². The molecule has 2 aromatic carbocycles. The van der Waals surface area contributed by atoms with E-state index in [0.29, 0.717) is 19.4 Å². The first-order chi connectivity index (χ1) is 19.6. The van der Waals surface area contributed by atoms with Gasteiger partial charge in [-0.05, 0) is 48.4 Å². The Kier molecular flexibility index (Phi) is 16.2. The topological polar surface area (TPSA) is 119 Å². The number of benzene rings is 2. The van der Waals surface area contributed by atoms with Crippen molar-refractivity contribution < 1.29 is 19.8 Å². The van der Waals surface area contributed by atoms with Gasteiger partial charge in [-0.3, -0.25) is 19.4 Å². The average molecular weight is 630 g/mol. The van der Waals surface area contributed by atoms with E-state index in [1.807, 2.05) is 24.3 Å². The molecule has 11 heteroatoms. The van der Waals surface area contributed by atoms with Crippen molar-refractivity contribution in [3.63, 3.8) is 0 Å². The fourth-order valence-corrected chi connectivity index (χ4v) is 4.72. The van der Waals surface area contributed by atoms with Crippen LogP contribution in [0.25, 0.3) is 0 Å². The number of piperidine rings is 2. The van der Waals surface area contributed by atoms with Gasteiger partial charge in [0.1, 0.15) is 5.88 Å². The normalized spacial score (nSPS) is 18.2. The highest BCUT2D eigenvalue weighted by Gasteiger charge is 2.32. The Morgan fingerprint density at radius 3 is 1.49 bits per heavy atom. The van der Waals surface area contributed by atoms with E-state index in [0.717, 1.165) is 52.1 Å². The van der Waals surface area contributed by atoms with Crippen molar-refractivity contribution >= 4 is 46.0 Å². The Hall–Kier alpha value is -1.75. The molecule has 4 rings (SSSR count). The summed E-state index contributed by atoms with van der Waals surface area (Å²) in [6, 6.07) is 20.8. The molecule has 0 unspecified atom stereocenters. The summed E-state index contributed by atoms with van der Waals surface area (Å²) < 4.78 is 0. The minimum absolute atomic E-state index is 0.0593. The van der Waals surface area contributed by atoms with Gasteiger partial charge in [-0.15, -0.1) is 23.2 Å². The number of carbonyl (C=O) groups is 2. The Morgan fingerprint density at radius 1 is 0.756 bits per heavy atom. The largest absolute Gasteiger partial charge is 0.388 e. The van der Waals surface area contributed by atoms with E-state index in [9.17, 15) is 19.8 Å². The number of nitrogens with one attached hydrogen (secondary N) is 1. The van der Waals surface area contributed by atoms with Crippen LogP contribution in [0, 0.1) is 0 Å². The second-order valence-corrected chi connectivity index (χ2v) is 11.5. The zero-order valence-electron chi connectivity index (χ0n) is 23.5. The molecule has 2 heterocycles. The molecule has 0 atom stereocenters. The van der Waals surface area contributed by atoms with Crippen LogP contribution in [0.15, 0.2) is 60.7 Å². The van der Waals surface area contributed by atoms with Gasteiger partial charge in [-0.25, -0.2) is 0 Å². The van der Waals surface area contributed by atoms with E-state index in [4.69, 9.17) is 40.5 Å². The summed E-state index contributed by atoms with van der Waals surface area (Å²) in [4.78, 5) is 25.3. The van der Waals surface area contributed by atoms with E-state index < -0.39 is 16.4 Å². The molecular formula is C30H43Cl3N4O4. The molecule has 2 aliphatic heterocycles. The lowest BCUT2D eigenvalue weighted by Gasteiger charge is -2.38. The number of likely N-dealkylation sites (tertiary alicyclic amines) is 2. The van der Waals surface area contributed by atoms with Gasteiger partial charge < -0.3 is 21.3 Å². The monoisotopic (exact) mass is 628 g/mol. The molecule has 2 aliphatic rings. The number of amides is 1. The maximum atomic E-state index is 11.1. The smallest absolute Gasteiger partial charge is 0.236 e. The lowest BCUT2D eigenvalue weighted by molar-refractivity contribution is -0.120. The molecule has 0 bridgehead atoms. The Balaban J connectivity index is 0.000000251. The fraction of sp³-hybridized carbons (Fsp3) is 0.533. The third kappa shape index (κ3) is 14.3. The van der Waals surface area contributed by atoms with Crippen LogP contribution in [-0.4, -0.2) is 93.4 Å². The zero-order valence-corrected chi connectivity index (χ0v) is 25.8. The number of nitrogens with two attached hydrogens (primary N) is 1. The number of halogens is 3. The van der Waals surface area contributed by atoms with Crippen molar-refractivity contribution in [1.29, 1.82) is 0 Å². The van der Waals surface area contributed by atoms with Crippen LogP contribution in [0.1, 0.15) is 36.8 Å². The quantitative estimate of drug-likeness (QED) is 0.248. The SMILES string of the molecule is NCC1(O)CCN(Cc2ccccc2)CC1.O=C(CCl)NCC1(O)CCN(Cc2ccccc2)CC1.O=C(Cl)CCl. The summed E-state index contributed by atoms with van der Waals surface area (Å²) in [6.07, 6.45) is 2.91. The second-order valence-electron chi connectivity index (χ2n) is 10.6. The van der Waals surface area contributed by atoms with Gasteiger partial charge in [0.2, 0.25) is 11.1 Å². The number of alkyl halides is 2. The van der Waals surface area contributed by atoms with E-state index in [1.54, 1.807) is 0 Å². The standard InChI is InChI=1S/C15H21ClN2O2.C13H20N2O.C2H2Cl2O/c16-10-14(19)17-12-15(20)6-8-18(9-7-15)11-13-4-2-1-3-5-13;14-11-13(16)6-8-15(9-7-13)10-12-4-2-1-3-5-12;3-1-2(4)5/h1-5,20H,6-12H2,(H,17,19);1-5,16H,6-11,14H2;1H2. The molecule has 0 radical (unpaired) electrons. The fourth-order valence-electron chi connectivity index (χ4n) is 4.63. The van der Waals surface area contributed by atoms with Gasteiger partial charge in [0.25, 0.3) is 0 Å². The maximum Gasteiger partial charge on any atom is 0.236 e. The van der Waals surface area contributed by atoms with Crippen molar-refractivity contribution in [2.24, 2.45) is 5.73 Å². The minimum Gasteiger partial charge on any atom is -0.388 e. The van der Waals surface area contributed by atoms with Gasteiger partial charge in [-0.2, -0.15) is 0 Å². The molecule has 0 saturated carbocycles. The molecular weight excluding hydrogens is 587 g/mol. The summed E-state index contributed by atoms with van der Waals surface area (Å²) in [5, 5.41) is 22.6. The number of aliphatic hydroxyl groups is 2. The van der Waals surface area contributed by atoms with Crippen molar-refractivity contribution in [3.05, 3.63) is 71.8 Å². The summed E-state index contributed by atoms with van der Waals surface area (Å²) >= 11 is 15.0. The number of rotatable bonds is 9. The molecule has 41 heavy (non-hydrogen) atoms. The first-order valence-electron chi connectivity index (χ1n) is 13.8. The van der Waals surface area contributed by atoms with Gasteiger partial charge in [0.15, 0.2) is 0 Å². The molecule has 1 amide bonds. The summed E-state index contributed by atoms with van der Waals surface area (Å²) in [7, 11) is 0. The maximum absolute atomic E-state index is 11.1. The number of hydrogen-bond donors (Lipinski definition) is 4. The number of hydrogen-bond acceptors (Lipinski definition) is 7. The first kappa shape index (κ1) is 35.4. The van der Waals surface area contributed by atoms with Crippen molar-refractivity contribution in [2.75, 3.05) is 51.0 Å². The van der Waals surface area contributed by atoms with Gasteiger partial charge >= 0.3 is 0 Å². The van der Waals surface area contributed by atoms with E-state index in [1.165, 1.54) is 11.1 Å². The molecule has 2 aromatic rings. The predicted octanol–water partition coefficient (Wildman–Crippen LogP) is 3.33. The Morgan fingerprint density at radius 2 is 1.15 bits per heavy atom. The van der Waals surface area contributed by atoms with Gasteiger partial charge in [-0.1, -0.05) is 60.7 Å². The second kappa shape index (κ2) is 18.7. The molecule has 0 aromatic heterocycles. The van der Waals surface area contributed by atoms with E-state index in [2.05, 4.69) is 51.5 Å². The third-order valence-corrected chi connectivity index (χ3v) is 8.05. The minimum atomic E-state index is -0.797. The lowest BCUT2D eigenvalue weighted by atomic mass is 9.91. The van der Waals surface area contributed by atoms with Crippen LogP contribution in [0.3, 0.4) is 0 Å². The zero-order chi connectivity index (χ0) is 30.1. The van der Waals surface area contributed by atoms with Crippen LogP contribution in [0.2, 0.25) is 0 Å². The molecule has 2 fully saturated rings. The molecule has 5 N–H and O–H groups in total. The van der Waals surface area contributed by atoms with Gasteiger partial charge in [0.05, 0.1) is 17.1 Å². The van der Waals surface area contributed by atoms with Crippen molar-refractivity contribution in [3.8, 4) is 0 Å². The number of carbonyl (C=O) groups excluding carboxylic acids is 2. The third-order valence-electron chi connectivity index (χ3n) is 7.29. The van der Waals surface area contributed by atoms with Gasteiger partial charge in [0, 0.05) is 52.4 Å². The molecule has 8 nitrogen and oxygen atoms in total. The van der Waals surface area contributed by atoms with Crippen LogP contribution in [-0.2, 0) is 22.7 Å². The molecule has 0 spiro atoms. The van der Waals surface area contributed by atoms with Crippen LogP contribution >= 0.6 is 34.8 Å². The van der Waals surface area contributed by atoms with Crippen molar-refractivity contribution in [1.82, 2.24) is 15.1 Å². The predicted molar refractivity (Wildman–Crippen MR) is 166 cm³/mol. The Bertz CT molecular complexity index is 1020. The highest BCUT2D eigenvalue weighted by molar-refractivity contribution is 6.67. The average Bonchev–Trinajstić information content (AvgIpc) is 3.00. The molecule has 228 valence electrons. The highest BCUT2D eigenvalue weighted by Crippen LogP contribution is 2.23. The summed E-state index contributed by atoms with van der Waals surface area (Å²) in [6.45, 7) is 6.09. The molecule has 0 aliphatic carbocycles. The van der Waals surface area contributed by atoms with Crippen LogP contribution in [0.5, 0.6) is 0 Å². The highest BCUT2D eigenvalue weighted by atomic mass is 35.5. The van der Waals surface area contributed by atoms with Crippen LogP contribution in [0.4, 0.5) is 0 Å². The number of nitrogens with zero attached hydrogens (tertiary/aromatic N) is 2. The van der Waals surface area contributed by atoms with Crippen molar-refractivity contribution in [2.45, 2.75) is 50.0 Å². The molecule has 2 saturated heterocycles. The van der Waals surface area contributed by atoms with E-state index in [-0.39, 0.29) is 24.2 Å². The summed E-state index contributed by atoms with van der Waals surface area (Å²) in [5.74, 6) is -0.385. The lowest BCUT2D eigenvalue weighted by Crippen LogP contribution is -2.50. The summed E-state index contributed by atoms with van der Waals surface area (Å²) in [5.41, 5.74) is 6.77. The van der Waals surface area contributed by atoms with Crippen LogP contribution < -0.4 is 11.1 Å². The van der Waals surface area contributed by atoms with E-state index >= 15 is 0 Å². The first-order valence-corrected chi connectivity index (χ1v) is 15.3.